The minimum atomic E-state index is -0.0568. The van der Waals surface area contributed by atoms with Gasteiger partial charge in [0.1, 0.15) is 0 Å². The van der Waals surface area contributed by atoms with Crippen molar-refractivity contribution in [3.05, 3.63) is 34.6 Å². The first kappa shape index (κ1) is 13.6. The molecule has 1 aromatic carbocycles. The van der Waals surface area contributed by atoms with E-state index in [1.165, 1.54) is 11.8 Å². The Balaban J connectivity index is 2.48. The molecule has 19 heavy (non-hydrogen) atoms. The molecular formula is C14H15N3OS. The van der Waals surface area contributed by atoms with Crippen molar-refractivity contribution in [3.8, 4) is 6.07 Å². The highest BCUT2D eigenvalue weighted by molar-refractivity contribution is 7.99. The molecular weight excluding hydrogens is 258 g/mol. The molecule has 0 aliphatic rings. The Bertz CT molecular complexity index is 687. The lowest BCUT2D eigenvalue weighted by molar-refractivity contribution is 0.633. The largest absolute Gasteiger partial charge is 0.287 e. The third-order valence-electron chi connectivity index (χ3n) is 2.83. The quantitative estimate of drug-likeness (QED) is 0.635. The van der Waals surface area contributed by atoms with Crippen LogP contribution in [0.3, 0.4) is 0 Å². The molecule has 4 nitrogen and oxygen atoms in total. The fourth-order valence-electron chi connectivity index (χ4n) is 1.77. The highest BCUT2D eigenvalue weighted by atomic mass is 32.2. The molecule has 0 N–H and O–H groups in total. The summed E-state index contributed by atoms with van der Waals surface area (Å²) in [6, 6.07) is 9.54. The van der Waals surface area contributed by atoms with Crippen molar-refractivity contribution in [2.75, 3.05) is 5.75 Å². The zero-order valence-electron chi connectivity index (χ0n) is 11.0. The number of nitrogens with zero attached hydrogens (tertiary/aromatic N) is 3. The molecule has 0 saturated carbocycles. The number of fused-ring (bicyclic) bond motifs is 1. The van der Waals surface area contributed by atoms with Crippen molar-refractivity contribution in [1.29, 1.82) is 5.26 Å². The van der Waals surface area contributed by atoms with E-state index in [9.17, 15) is 4.79 Å². The summed E-state index contributed by atoms with van der Waals surface area (Å²) < 4.78 is 1.66. The van der Waals surface area contributed by atoms with Gasteiger partial charge in [0.05, 0.1) is 22.9 Å². The second kappa shape index (κ2) is 5.89. The SMILES string of the molecule is CCn1c(SC[C@@H](C)C#N)nc2ccccc2c1=O. The molecule has 0 fully saturated rings. The van der Waals surface area contributed by atoms with Gasteiger partial charge in [-0.15, -0.1) is 0 Å². The van der Waals surface area contributed by atoms with Gasteiger partial charge in [-0.25, -0.2) is 4.98 Å². The van der Waals surface area contributed by atoms with Crippen molar-refractivity contribution in [3.63, 3.8) is 0 Å². The maximum Gasteiger partial charge on any atom is 0.262 e. The minimum absolute atomic E-state index is 0.0137. The summed E-state index contributed by atoms with van der Waals surface area (Å²) in [4.78, 5) is 16.9. The summed E-state index contributed by atoms with van der Waals surface area (Å²) in [5.74, 6) is 0.583. The molecule has 0 saturated heterocycles. The van der Waals surface area contributed by atoms with Crippen molar-refractivity contribution in [2.45, 2.75) is 25.5 Å². The Kier molecular flexibility index (Phi) is 4.23. The summed E-state index contributed by atoms with van der Waals surface area (Å²) in [7, 11) is 0. The monoisotopic (exact) mass is 273 g/mol. The van der Waals surface area contributed by atoms with Crippen LogP contribution in [0.5, 0.6) is 0 Å². The second-order valence-electron chi connectivity index (χ2n) is 4.30. The number of hydrogen-bond donors (Lipinski definition) is 0. The van der Waals surface area contributed by atoms with Crippen LogP contribution in [0.2, 0.25) is 0 Å². The van der Waals surface area contributed by atoms with E-state index in [1.54, 1.807) is 10.6 Å². The van der Waals surface area contributed by atoms with E-state index < -0.39 is 0 Å². The van der Waals surface area contributed by atoms with Gasteiger partial charge in [-0.3, -0.25) is 9.36 Å². The van der Waals surface area contributed by atoms with E-state index in [0.29, 0.717) is 28.4 Å². The molecule has 1 aromatic heterocycles. The van der Waals surface area contributed by atoms with E-state index >= 15 is 0 Å². The van der Waals surface area contributed by atoms with Crippen molar-refractivity contribution < 1.29 is 0 Å². The van der Waals surface area contributed by atoms with Gasteiger partial charge in [0.2, 0.25) is 0 Å². The van der Waals surface area contributed by atoms with Crippen LogP contribution in [0.4, 0.5) is 0 Å². The lowest BCUT2D eigenvalue weighted by Gasteiger charge is -2.11. The topological polar surface area (TPSA) is 58.7 Å². The Morgan fingerprint density at radius 1 is 1.47 bits per heavy atom. The maximum absolute atomic E-state index is 12.3. The highest BCUT2D eigenvalue weighted by Crippen LogP contribution is 2.19. The van der Waals surface area contributed by atoms with Gasteiger partial charge < -0.3 is 0 Å². The van der Waals surface area contributed by atoms with E-state index in [4.69, 9.17) is 5.26 Å². The van der Waals surface area contributed by atoms with Crippen LogP contribution in [-0.4, -0.2) is 15.3 Å². The fourth-order valence-corrected chi connectivity index (χ4v) is 2.78. The first-order valence-corrected chi connectivity index (χ1v) is 7.18. The van der Waals surface area contributed by atoms with Gasteiger partial charge in [-0.2, -0.15) is 5.26 Å². The number of para-hydroxylation sites is 1. The average Bonchev–Trinajstić information content (AvgIpc) is 2.45. The summed E-state index contributed by atoms with van der Waals surface area (Å²) >= 11 is 1.46. The molecule has 5 heteroatoms. The summed E-state index contributed by atoms with van der Waals surface area (Å²) in [6.07, 6.45) is 0. The van der Waals surface area contributed by atoms with Crippen LogP contribution in [0.15, 0.2) is 34.2 Å². The molecule has 1 heterocycles. The minimum Gasteiger partial charge on any atom is -0.287 e. The van der Waals surface area contributed by atoms with Crippen molar-refractivity contribution in [2.24, 2.45) is 5.92 Å². The molecule has 0 bridgehead atoms. The van der Waals surface area contributed by atoms with Gasteiger partial charge in [0.25, 0.3) is 5.56 Å². The van der Waals surface area contributed by atoms with E-state index in [2.05, 4.69) is 11.1 Å². The molecule has 0 amide bonds. The lowest BCUT2D eigenvalue weighted by atomic mass is 10.2. The molecule has 0 spiro atoms. The van der Waals surface area contributed by atoms with Gasteiger partial charge in [0, 0.05) is 12.3 Å². The van der Waals surface area contributed by atoms with Crippen LogP contribution >= 0.6 is 11.8 Å². The molecule has 0 aliphatic carbocycles. The van der Waals surface area contributed by atoms with E-state index in [1.807, 2.05) is 32.0 Å². The van der Waals surface area contributed by atoms with Gasteiger partial charge in [0.15, 0.2) is 5.16 Å². The Labute approximate surface area is 116 Å². The molecule has 2 aromatic rings. The van der Waals surface area contributed by atoms with Crippen molar-refractivity contribution >= 4 is 22.7 Å². The van der Waals surface area contributed by atoms with Crippen LogP contribution in [-0.2, 0) is 6.54 Å². The first-order valence-electron chi connectivity index (χ1n) is 6.19. The van der Waals surface area contributed by atoms with E-state index in [-0.39, 0.29) is 11.5 Å². The third kappa shape index (κ3) is 2.79. The smallest absolute Gasteiger partial charge is 0.262 e. The first-order chi connectivity index (χ1) is 9.17. The zero-order chi connectivity index (χ0) is 13.8. The van der Waals surface area contributed by atoms with Crippen LogP contribution in [0.1, 0.15) is 13.8 Å². The third-order valence-corrected chi connectivity index (χ3v) is 4.06. The number of benzene rings is 1. The normalized spacial score (nSPS) is 12.3. The molecule has 0 unspecified atom stereocenters. The standard InChI is InChI=1S/C14H15N3OS/c1-3-17-13(18)11-6-4-5-7-12(11)16-14(17)19-9-10(2)8-15/h4-7,10H,3,9H2,1-2H3/t10-/m0/s1. The van der Waals surface area contributed by atoms with Gasteiger partial charge >= 0.3 is 0 Å². The predicted molar refractivity (Wildman–Crippen MR) is 77.2 cm³/mol. The van der Waals surface area contributed by atoms with E-state index in [0.717, 1.165) is 0 Å². The van der Waals surface area contributed by atoms with Gasteiger partial charge in [-0.05, 0) is 26.0 Å². The number of nitriles is 1. The maximum atomic E-state index is 12.3. The fraction of sp³-hybridized carbons (Fsp3) is 0.357. The molecule has 0 aliphatic heterocycles. The molecule has 1 atom stereocenters. The summed E-state index contributed by atoms with van der Waals surface area (Å²) in [5, 5.41) is 10.1. The average molecular weight is 273 g/mol. The second-order valence-corrected chi connectivity index (χ2v) is 5.29. The molecule has 98 valence electrons. The Hall–Kier alpha value is -1.80. The number of rotatable bonds is 4. The Morgan fingerprint density at radius 3 is 2.89 bits per heavy atom. The van der Waals surface area contributed by atoms with Crippen LogP contribution in [0.25, 0.3) is 10.9 Å². The number of thioether (sulfide) groups is 1. The van der Waals surface area contributed by atoms with Crippen LogP contribution in [0, 0.1) is 17.2 Å². The molecule has 2 rings (SSSR count). The Morgan fingerprint density at radius 2 is 2.21 bits per heavy atom. The summed E-state index contributed by atoms with van der Waals surface area (Å²) in [6.45, 7) is 4.37. The van der Waals surface area contributed by atoms with Gasteiger partial charge in [-0.1, -0.05) is 23.9 Å². The van der Waals surface area contributed by atoms with Crippen molar-refractivity contribution in [1.82, 2.24) is 9.55 Å². The highest BCUT2D eigenvalue weighted by Gasteiger charge is 2.11. The number of hydrogen-bond acceptors (Lipinski definition) is 4. The number of aromatic nitrogens is 2. The predicted octanol–water partition coefficient (Wildman–Crippen LogP) is 2.67. The lowest BCUT2D eigenvalue weighted by Crippen LogP contribution is -2.22. The molecule has 0 radical (unpaired) electrons. The zero-order valence-corrected chi connectivity index (χ0v) is 11.8. The van der Waals surface area contributed by atoms with Crippen LogP contribution < -0.4 is 5.56 Å². The summed E-state index contributed by atoms with van der Waals surface area (Å²) in [5.41, 5.74) is 0.699.